The van der Waals surface area contributed by atoms with Gasteiger partial charge >= 0.3 is 0 Å². The van der Waals surface area contributed by atoms with Crippen LogP contribution in [0.3, 0.4) is 0 Å². The van der Waals surface area contributed by atoms with E-state index in [2.05, 4.69) is 11.1 Å². The fourth-order valence-corrected chi connectivity index (χ4v) is 4.94. The minimum atomic E-state index is 0.360. The predicted octanol–water partition coefficient (Wildman–Crippen LogP) is 4.41. The topological polar surface area (TPSA) is 41.6 Å². The van der Waals surface area contributed by atoms with Crippen LogP contribution in [0.2, 0.25) is 5.02 Å². The summed E-state index contributed by atoms with van der Waals surface area (Å²) in [5.74, 6) is 0.960. The lowest BCUT2D eigenvalue weighted by Gasteiger charge is -2.08. The molecule has 1 unspecified atom stereocenters. The zero-order valence-corrected chi connectivity index (χ0v) is 12.8. The van der Waals surface area contributed by atoms with E-state index in [0.717, 1.165) is 15.0 Å². The molecule has 20 heavy (non-hydrogen) atoms. The number of nitrogens with zero attached hydrogens (tertiary/aromatic N) is 3. The summed E-state index contributed by atoms with van der Waals surface area (Å²) in [6.45, 7) is 0. The molecular formula is C14H10ClN3S2. The predicted molar refractivity (Wildman–Crippen MR) is 85.3 cm³/mol. The van der Waals surface area contributed by atoms with Gasteiger partial charge in [0, 0.05) is 28.4 Å². The van der Waals surface area contributed by atoms with Gasteiger partial charge in [0.25, 0.3) is 0 Å². The van der Waals surface area contributed by atoms with Gasteiger partial charge in [0.1, 0.15) is 11.8 Å². The third-order valence-corrected chi connectivity index (χ3v) is 6.11. The second-order valence-corrected chi connectivity index (χ2v) is 7.12. The van der Waals surface area contributed by atoms with Crippen LogP contribution >= 0.6 is 35.1 Å². The molecule has 6 heteroatoms. The Morgan fingerprint density at radius 1 is 1.40 bits per heavy atom. The van der Waals surface area contributed by atoms with Gasteiger partial charge in [-0.1, -0.05) is 23.7 Å². The molecule has 1 fully saturated rings. The maximum absolute atomic E-state index is 9.35. The molecule has 3 nitrogen and oxygen atoms in total. The molecule has 1 aromatic carbocycles. The number of halogens is 1. The molecule has 2 heterocycles. The van der Waals surface area contributed by atoms with Crippen LogP contribution in [0.4, 0.5) is 0 Å². The van der Waals surface area contributed by atoms with Crippen LogP contribution in [0.15, 0.2) is 47.2 Å². The number of benzene rings is 1. The monoisotopic (exact) mass is 319 g/mol. The number of hydrogen-bond acceptors (Lipinski definition) is 4. The molecule has 0 spiro atoms. The molecule has 100 valence electrons. The number of nitriles is 1. The average molecular weight is 320 g/mol. The number of hydrogen-bond donors (Lipinski definition) is 0. The van der Waals surface area contributed by atoms with Gasteiger partial charge in [0.2, 0.25) is 0 Å². The van der Waals surface area contributed by atoms with Crippen LogP contribution in [0, 0.1) is 11.3 Å². The van der Waals surface area contributed by atoms with Crippen molar-refractivity contribution >= 4 is 40.8 Å². The van der Waals surface area contributed by atoms with Gasteiger partial charge in [-0.2, -0.15) is 5.26 Å². The van der Waals surface area contributed by atoms with E-state index in [1.807, 2.05) is 24.3 Å². The molecule has 0 bridgehead atoms. The minimum absolute atomic E-state index is 0.360. The molecule has 1 saturated heterocycles. The van der Waals surface area contributed by atoms with Crippen molar-refractivity contribution in [3.8, 4) is 6.07 Å². The molecule has 2 aromatic rings. The molecule has 0 saturated carbocycles. The second-order valence-electron chi connectivity index (χ2n) is 4.19. The average Bonchev–Trinajstić information content (AvgIpc) is 3.12. The Balaban J connectivity index is 1.86. The molecule has 1 aliphatic heterocycles. The minimum Gasteiger partial charge on any atom is -0.296 e. The van der Waals surface area contributed by atoms with Gasteiger partial charge in [-0.3, -0.25) is 4.57 Å². The first-order chi connectivity index (χ1) is 9.78. The van der Waals surface area contributed by atoms with Crippen molar-refractivity contribution in [1.82, 2.24) is 9.55 Å². The lowest BCUT2D eigenvalue weighted by atomic mass is 10.2. The van der Waals surface area contributed by atoms with Crippen LogP contribution in [-0.4, -0.2) is 15.3 Å². The van der Waals surface area contributed by atoms with Crippen molar-refractivity contribution in [3.63, 3.8) is 0 Å². The van der Waals surface area contributed by atoms with Crippen LogP contribution < -0.4 is 0 Å². The van der Waals surface area contributed by atoms with Crippen molar-refractivity contribution in [3.05, 3.63) is 57.8 Å². The summed E-state index contributed by atoms with van der Waals surface area (Å²) in [7, 11) is 0. The lowest BCUT2D eigenvalue weighted by Crippen LogP contribution is -1.92. The van der Waals surface area contributed by atoms with Crippen molar-refractivity contribution in [1.29, 1.82) is 5.26 Å². The molecule has 3 rings (SSSR count). The van der Waals surface area contributed by atoms with E-state index in [-0.39, 0.29) is 0 Å². The van der Waals surface area contributed by atoms with Gasteiger partial charge in [0.05, 0.1) is 10.6 Å². The highest BCUT2D eigenvalue weighted by Gasteiger charge is 2.26. The maximum Gasteiger partial charge on any atom is 0.145 e. The van der Waals surface area contributed by atoms with E-state index >= 15 is 0 Å². The number of thioether (sulfide) groups is 2. The van der Waals surface area contributed by atoms with Crippen molar-refractivity contribution < 1.29 is 0 Å². The first-order valence-electron chi connectivity index (χ1n) is 5.95. The largest absolute Gasteiger partial charge is 0.296 e. The van der Waals surface area contributed by atoms with E-state index in [4.69, 9.17) is 11.6 Å². The first kappa shape index (κ1) is 13.6. The molecule has 1 aliphatic rings. The summed E-state index contributed by atoms with van der Waals surface area (Å²) >= 11 is 9.36. The van der Waals surface area contributed by atoms with Crippen LogP contribution in [0.25, 0.3) is 5.70 Å². The number of aromatic nitrogens is 2. The maximum atomic E-state index is 9.35. The lowest BCUT2D eigenvalue weighted by molar-refractivity contribution is 1.10. The molecule has 0 radical (unpaired) electrons. The van der Waals surface area contributed by atoms with E-state index in [1.54, 1.807) is 46.8 Å². The van der Waals surface area contributed by atoms with Gasteiger partial charge in [0.15, 0.2) is 0 Å². The summed E-state index contributed by atoms with van der Waals surface area (Å²) in [5, 5.41) is 10.5. The van der Waals surface area contributed by atoms with Crippen LogP contribution in [-0.2, 0) is 0 Å². The highest BCUT2D eigenvalue weighted by atomic mass is 35.5. The summed E-state index contributed by atoms with van der Waals surface area (Å²) in [6, 6.07) is 10.2. The van der Waals surface area contributed by atoms with E-state index in [0.29, 0.717) is 10.9 Å². The Kier molecular flexibility index (Phi) is 4.06. The molecule has 1 aromatic heterocycles. The summed E-state index contributed by atoms with van der Waals surface area (Å²) < 4.78 is 2.81. The number of imidazole rings is 1. The normalized spacial score (nSPS) is 20.7. The SMILES string of the molecule is N#C/C(=C1\SCC(c2ccc(Cl)cc2)S1)n1ccnc1. The second kappa shape index (κ2) is 5.96. The van der Waals surface area contributed by atoms with Gasteiger partial charge in [-0.25, -0.2) is 4.98 Å². The zero-order chi connectivity index (χ0) is 13.9. The van der Waals surface area contributed by atoms with Crippen LogP contribution in [0.1, 0.15) is 10.8 Å². The first-order valence-corrected chi connectivity index (χ1v) is 8.20. The van der Waals surface area contributed by atoms with Crippen molar-refractivity contribution in [2.45, 2.75) is 5.25 Å². The Hall–Kier alpha value is -1.35. The summed E-state index contributed by atoms with van der Waals surface area (Å²) in [5.41, 5.74) is 1.89. The van der Waals surface area contributed by atoms with Gasteiger partial charge in [-0.05, 0) is 17.7 Å². The van der Waals surface area contributed by atoms with Crippen molar-refractivity contribution in [2.75, 3.05) is 5.75 Å². The third-order valence-electron chi connectivity index (χ3n) is 2.92. The highest BCUT2D eigenvalue weighted by molar-refractivity contribution is 8.25. The number of rotatable bonds is 2. The van der Waals surface area contributed by atoms with E-state index < -0.39 is 0 Å². The molecule has 0 N–H and O–H groups in total. The Bertz CT molecular complexity index is 671. The van der Waals surface area contributed by atoms with Gasteiger partial charge in [-0.15, -0.1) is 23.5 Å². The molecular weight excluding hydrogens is 310 g/mol. The summed E-state index contributed by atoms with van der Waals surface area (Å²) in [6.07, 6.45) is 5.13. The third kappa shape index (κ3) is 2.73. The molecule has 1 atom stereocenters. The zero-order valence-electron chi connectivity index (χ0n) is 10.4. The Morgan fingerprint density at radius 2 is 2.20 bits per heavy atom. The molecule has 0 aliphatic carbocycles. The van der Waals surface area contributed by atoms with Crippen molar-refractivity contribution in [2.24, 2.45) is 0 Å². The van der Waals surface area contributed by atoms with Gasteiger partial charge < -0.3 is 0 Å². The summed E-state index contributed by atoms with van der Waals surface area (Å²) in [4.78, 5) is 3.99. The molecule has 0 amide bonds. The Labute approximate surface area is 130 Å². The van der Waals surface area contributed by atoms with E-state index in [9.17, 15) is 5.26 Å². The van der Waals surface area contributed by atoms with E-state index in [1.165, 1.54) is 5.56 Å². The smallest absolute Gasteiger partial charge is 0.145 e. The highest BCUT2D eigenvalue weighted by Crippen LogP contribution is 2.52. The fourth-order valence-electron chi connectivity index (χ4n) is 1.91. The fraction of sp³-hybridized carbons (Fsp3) is 0.143. The Morgan fingerprint density at radius 3 is 2.85 bits per heavy atom. The quantitative estimate of drug-likeness (QED) is 0.769. The van der Waals surface area contributed by atoms with Crippen LogP contribution in [0.5, 0.6) is 0 Å². The standard InChI is InChI=1S/C14H10ClN3S2/c15-11-3-1-10(2-4-11)13-8-19-14(20-13)12(7-16)18-6-5-17-9-18/h1-6,9,13H,8H2/b14-12-. The number of allylic oxidation sites excluding steroid dienone is 1.